The summed E-state index contributed by atoms with van der Waals surface area (Å²) in [5.74, 6) is -0.0369. The zero-order valence-corrected chi connectivity index (χ0v) is 11.7. The number of rotatable bonds is 3. The topological polar surface area (TPSA) is 101 Å². The first-order valence-electron chi connectivity index (χ1n) is 6.62. The van der Waals surface area contributed by atoms with Gasteiger partial charge in [-0.25, -0.2) is 0 Å². The zero-order valence-electron chi connectivity index (χ0n) is 10.9. The van der Waals surface area contributed by atoms with E-state index in [1.807, 2.05) is 0 Å². The van der Waals surface area contributed by atoms with Crippen LogP contribution in [0.4, 0.5) is 5.69 Å². The Morgan fingerprint density at radius 2 is 2.40 bits per heavy atom. The van der Waals surface area contributed by atoms with E-state index < -0.39 is 0 Å². The Balaban J connectivity index is 1.84. The van der Waals surface area contributed by atoms with E-state index in [9.17, 15) is 9.90 Å². The second-order valence-corrected chi connectivity index (χ2v) is 6.05. The Bertz CT molecular complexity index is 642. The van der Waals surface area contributed by atoms with Crippen molar-refractivity contribution in [3.63, 3.8) is 0 Å². The highest BCUT2D eigenvalue weighted by atomic mass is 32.1. The minimum atomic E-state index is -0.184. The molecule has 1 aliphatic carbocycles. The summed E-state index contributed by atoms with van der Waals surface area (Å²) in [5.41, 5.74) is 6.47. The number of aromatic nitrogens is 2. The lowest BCUT2D eigenvalue weighted by molar-refractivity contribution is 0.0921. The van der Waals surface area contributed by atoms with Gasteiger partial charge >= 0.3 is 0 Å². The average Bonchev–Trinajstić information content (AvgIpc) is 3.04. The molecule has 1 amide bonds. The molecular weight excluding hydrogens is 276 g/mol. The van der Waals surface area contributed by atoms with Crippen molar-refractivity contribution < 1.29 is 9.90 Å². The predicted molar refractivity (Wildman–Crippen MR) is 77.5 cm³/mol. The number of nitrogen functional groups attached to an aromatic ring is 1. The number of carbonyl (C=O) groups is 1. The van der Waals surface area contributed by atoms with Crippen LogP contribution in [0.5, 0.6) is 0 Å². The van der Waals surface area contributed by atoms with Gasteiger partial charge < -0.3 is 16.2 Å². The van der Waals surface area contributed by atoms with Crippen LogP contribution in [0.1, 0.15) is 28.9 Å². The lowest BCUT2D eigenvalue weighted by atomic mass is 10.1. The van der Waals surface area contributed by atoms with Crippen molar-refractivity contribution in [1.82, 2.24) is 15.5 Å². The Morgan fingerprint density at radius 1 is 1.55 bits per heavy atom. The van der Waals surface area contributed by atoms with Gasteiger partial charge in [0.1, 0.15) is 9.71 Å². The number of hydrogen-bond acceptors (Lipinski definition) is 6. The van der Waals surface area contributed by atoms with Crippen molar-refractivity contribution in [3.05, 3.63) is 17.1 Å². The highest BCUT2D eigenvalue weighted by molar-refractivity contribution is 7.21. The fraction of sp³-hybridized carbons (Fsp3) is 0.462. The SMILES string of the molecule is Nc1c(C(=O)NC2CCCC2CO)sc2nnccc12. The van der Waals surface area contributed by atoms with Crippen LogP contribution in [-0.2, 0) is 0 Å². The van der Waals surface area contributed by atoms with E-state index in [2.05, 4.69) is 15.5 Å². The third kappa shape index (κ3) is 2.23. The smallest absolute Gasteiger partial charge is 0.263 e. The first kappa shape index (κ1) is 13.3. The number of nitrogens with zero attached hydrogens (tertiary/aromatic N) is 2. The van der Waals surface area contributed by atoms with Gasteiger partial charge in [-0.2, -0.15) is 5.10 Å². The number of carbonyl (C=O) groups excluding carboxylic acids is 1. The highest BCUT2D eigenvalue weighted by Crippen LogP contribution is 2.32. The number of hydrogen-bond donors (Lipinski definition) is 3. The van der Waals surface area contributed by atoms with E-state index in [1.165, 1.54) is 11.3 Å². The van der Waals surface area contributed by atoms with E-state index in [0.29, 0.717) is 15.4 Å². The summed E-state index contributed by atoms with van der Waals surface area (Å²) >= 11 is 1.25. The molecule has 3 rings (SSSR count). The van der Waals surface area contributed by atoms with Crippen molar-refractivity contribution in [2.24, 2.45) is 5.92 Å². The standard InChI is InChI=1S/C13H16N4O2S/c14-10-8-4-5-15-17-13(8)20-11(10)12(19)16-9-3-1-2-7(9)6-18/h4-5,7,9,18H,1-3,6,14H2,(H,16,19). The molecule has 2 aromatic heterocycles. The molecule has 0 aliphatic heterocycles. The lowest BCUT2D eigenvalue weighted by Crippen LogP contribution is -2.38. The van der Waals surface area contributed by atoms with Crippen molar-refractivity contribution in [2.75, 3.05) is 12.3 Å². The molecule has 0 aromatic carbocycles. The molecule has 6 nitrogen and oxygen atoms in total. The zero-order chi connectivity index (χ0) is 14.1. The van der Waals surface area contributed by atoms with Crippen LogP contribution < -0.4 is 11.1 Å². The minimum Gasteiger partial charge on any atom is -0.397 e. The molecule has 7 heteroatoms. The van der Waals surface area contributed by atoms with Gasteiger partial charge in [0.2, 0.25) is 0 Å². The summed E-state index contributed by atoms with van der Waals surface area (Å²) in [4.78, 5) is 13.5. The van der Waals surface area contributed by atoms with Crippen LogP contribution in [0.2, 0.25) is 0 Å². The second-order valence-electron chi connectivity index (χ2n) is 5.05. The van der Waals surface area contributed by atoms with Gasteiger partial charge in [-0.05, 0) is 18.9 Å². The molecule has 2 atom stereocenters. The normalized spacial score (nSPS) is 22.2. The Morgan fingerprint density at radius 3 is 3.15 bits per heavy atom. The third-order valence-electron chi connectivity index (χ3n) is 3.84. The number of nitrogens with one attached hydrogen (secondary N) is 1. The molecule has 20 heavy (non-hydrogen) atoms. The van der Waals surface area contributed by atoms with Crippen LogP contribution in [0.3, 0.4) is 0 Å². The number of fused-ring (bicyclic) bond motifs is 1. The molecular formula is C13H16N4O2S. The van der Waals surface area contributed by atoms with Gasteiger partial charge in [-0.1, -0.05) is 6.42 Å². The molecule has 1 saturated carbocycles. The summed E-state index contributed by atoms with van der Waals surface area (Å²) < 4.78 is 0. The van der Waals surface area contributed by atoms with E-state index in [-0.39, 0.29) is 24.5 Å². The largest absolute Gasteiger partial charge is 0.397 e. The van der Waals surface area contributed by atoms with Crippen molar-refractivity contribution in [2.45, 2.75) is 25.3 Å². The van der Waals surface area contributed by atoms with Crippen molar-refractivity contribution in [1.29, 1.82) is 0 Å². The molecule has 0 bridgehead atoms. The summed E-state index contributed by atoms with van der Waals surface area (Å²) in [6.07, 6.45) is 4.45. The monoisotopic (exact) mass is 292 g/mol. The van der Waals surface area contributed by atoms with Gasteiger partial charge in [0.25, 0.3) is 5.91 Å². The molecule has 4 N–H and O–H groups in total. The first-order chi connectivity index (χ1) is 9.70. The summed E-state index contributed by atoms with van der Waals surface area (Å²) in [5, 5.41) is 20.8. The summed E-state index contributed by atoms with van der Waals surface area (Å²) in [6, 6.07) is 1.79. The second kappa shape index (κ2) is 5.34. The van der Waals surface area contributed by atoms with Gasteiger partial charge in [-0.15, -0.1) is 16.4 Å². The molecule has 0 spiro atoms. The average molecular weight is 292 g/mol. The predicted octanol–water partition coefficient (Wildman–Crippen LogP) is 1.16. The molecule has 106 valence electrons. The van der Waals surface area contributed by atoms with Crippen LogP contribution >= 0.6 is 11.3 Å². The number of aliphatic hydroxyl groups is 1. The van der Waals surface area contributed by atoms with Crippen LogP contribution in [0.15, 0.2) is 12.3 Å². The van der Waals surface area contributed by atoms with Gasteiger partial charge in [0.05, 0.1) is 11.9 Å². The molecule has 0 saturated heterocycles. The van der Waals surface area contributed by atoms with Crippen LogP contribution in [0, 0.1) is 5.92 Å². The van der Waals surface area contributed by atoms with E-state index >= 15 is 0 Å². The number of anilines is 1. The van der Waals surface area contributed by atoms with E-state index in [4.69, 9.17) is 5.73 Å². The molecule has 2 heterocycles. The van der Waals surface area contributed by atoms with Gasteiger partial charge in [-0.3, -0.25) is 4.79 Å². The minimum absolute atomic E-state index is 0.0307. The number of nitrogens with two attached hydrogens (primary N) is 1. The number of thiophene rings is 1. The van der Waals surface area contributed by atoms with Crippen molar-refractivity contribution in [3.8, 4) is 0 Å². The number of aliphatic hydroxyl groups excluding tert-OH is 1. The molecule has 2 unspecified atom stereocenters. The molecule has 0 radical (unpaired) electrons. The fourth-order valence-corrected chi connectivity index (χ4v) is 3.66. The lowest BCUT2D eigenvalue weighted by Gasteiger charge is -2.18. The Labute approximate surface area is 120 Å². The fourth-order valence-electron chi connectivity index (χ4n) is 2.72. The third-order valence-corrected chi connectivity index (χ3v) is 4.94. The number of amides is 1. The van der Waals surface area contributed by atoms with Crippen molar-refractivity contribution >= 4 is 33.1 Å². The Kier molecular flexibility index (Phi) is 3.54. The summed E-state index contributed by atoms with van der Waals surface area (Å²) in [6.45, 7) is 0.109. The first-order valence-corrected chi connectivity index (χ1v) is 7.43. The van der Waals surface area contributed by atoms with Gasteiger partial charge in [0, 0.05) is 24.0 Å². The molecule has 2 aromatic rings. The maximum atomic E-state index is 12.3. The maximum absolute atomic E-state index is 12.3. The van der Waals surface area contributed by atoms with Crippen LogP contribution in [0.25, 0.3) is 10.2 Å². The molecule has 1 fully saturated rings. The quantitative estimate of drug-likeness (QED) is 0.788. The maximum Gasteiger partial charge on any atom is 0.263 e. The van der Waals surface area contributed by atoms with Gasteiger partial charge in [0.15, 0.2) is 0 Å². The summed E-state index contributed by atoms with van der Waals surface area (Å²) in [7, 11) is 0. The molecule has 1 aliphatic rings. The van der Waals surface area contributed by atoms with Crippen LogP contribution in [-0.4, -0.2) is 33.9 Å². The Hall–Kier alpha value is -1.73. The van der Waals surface area contributed by atoms with E-state index in [0.717, 1.165) is 24.6 Å². The highest BCUT2D eigenvalue weighted by Gasteiger charge is 2.29. The van der Waals surface area contributed by atoms with E-state index in [1.54, 1.807) is 12.3 Å².